The van der Waals surface area contributed by atoms with Crippen molar-refractivity contribution in [3.63, 3.8) is 0 Å². The van der Waals surface area contributed by atoms with E-state index in [9.17, 15) is 0 Å². The lowest BCUT2D eigenvalue weighted by atomic mass is 10.2. The van der Waals surface area contributed by atoms with Crippen molar-refractivity contribution in [3.8, 4) is 17.1 Å². The molecule has 2 aromatic rings. The highest BCUT2D eigenvalue weighted by atomic mass is 16.5. The monoisotopic (exact) mass is 271 g/mol. The Labute approximate surface area is 120 Å². The van der Waals surface area contributed by atoms with Gasteiger partial charge >= 0.3 is 0 Å². The van der Waals surface area contributed by atoms with E-state index in [1.807, 2.05) is 58.0 Å². The summed E-state index contributed by atoms with van der Waals surface area (Å²) in [5.74, 6) is 2.41. The summed E-state index contributed by atoms with van der Waals surface area (Å²) in [4.78, 5) is 9.04. The van der Waals surface area contributed by atoms with Crippen LogP contribution in [0.5, 0.6) is 5.75 Å². The fourth-order valence-electron chi connectivity index (χ4n) is 1.95. The average molecular weight is 271 g/mol. The van der Waals surface area contributed by atoms with E-state index in [-0.39, 0.29) is 6.10 Å². The summed E-state index contributed by atoms with van der Waals surface area (Å²) in [5, 5.41) is 3.22. The molecule has 4 heteroatoms. The first-order chi connectivity index (χ1) is 9.58. The molecule has 20 heavy (non-hydrogen) atoms. The third kappa shape index (κ3) is 3.70. The molecule has 2 rings (SSSR count). The summed E-state index contributed by atoms with van der Waals surface area (Å²) in [6.45, 7) is 8.89. The van der Waals surface area contributed by atoms with E-state index < -0.39 is 0 Å². The molecule has 0 saturated carbocycles. The number of hydrogen-bond acceptors (Lipinski definition) is 4. The fraction of sp³-hybridized carbons (Fsp3) is 0.375. The molecule has 1 heterocycles. The molecular formula is C16H21N3O. The number of aryl methyl sites for hydroxylation is 1. The van der Waals surface area contributed by atoms with Gasteiger partial charge in [0, 0.05) is 23.9 Å². The van der Waals surface area contributed by atoms with Gasteiger partial charge in [-0.25, -0.2) is 9.97 Å². The van der Waals surface area contributed by atoms with E-state index in [2.05, 4.69) is 15.3 Å². The summed E-state index contributed by atoms with van der Waals surface area (Å²) in [7, 11) is 0. The third-order valence-corrected chi connectivity index (χ3v) is 2.68. The van der Waals surface area contributed by atoms with Crippen LogP contribution < -0.4 is 10.1 Å². The maximum absolute atomic E-state index is 5.71. The minimum Gasteiger partial charge on any atom is -0.491 e. The zero-order chi connectivity index (χ0) is 14.5. The summed E-state index contributed by atoms with van der Waals surface area (Å²) >= 11 is 0. The molecule has 0 fully saturated rings. The normalized spacial score (nSPS) is 10.7. The van der Waals surface area contributed by atoms with Crippen LogP contribution >= 0.6 is 0 Å². The number of anilines is 1. The van der Waals surface area contributed by atoms with E-state index in [0.717, 1.165) is 35.2 Å². The van der Waals surface area contributed by atoms with Crippen molar-refractivity contribution in [1.82, 2.24) is 9.97 Å². The molecule has 0 aliphatic carbocycles. The van der Waals surface area contributed by atoms with Gasteiger partial charge in [-0.05, 0) is 39.8 Å². The minimum atomic E-state index is 0.154. The molecular weight excluding hydrogens is 250 g/mol. The van der Waals surface area contributed by atoms with Crippen molar-refractivity contribution in [2.24, 2.45) is 0 Å². The Hall–Kier alpha value is -2.10. The van der Waals surface area contributed by atoms with Crippen molar-refractivity contribution in [1.29, 1.82) is 0 Å². The first-order valence-electron chi connectivity index (χ1n) is 6.95. The van der Waals surface area contributed by atoms with Gasteiger partial charge in [0.15, 0.2) is 5.82 Å². The van der Waals surface area contributed by atoms with Gasteiger partial charge in [-0.15, -0.1) is 0 Å². The zero-order valence-electron chi connectivity index (χ0n) is 12.5. The topological polar surface area (TPSA) is 47.0 Å². The van der Waals surface area contributed by atoms with Crippen LogP contribution in [0.3, 0.4) is 0 Å². The summed E-state index contributed by atoms with van der Waals surface area (Å²) in [6.07, 6.45) is 0.154. The molecule has 0 atom stereocenters. The number of nitrogens with zero attached hydrogens (tertiary/aromatic N) is 2. The summed E-state index contributed by atoms with van der Waals surface area (Å²) in [6, 6.07) is 9.83. The Kier molecular flexibility index (Phi) is 4.56. The predicted octanol–water partition coefficient (Wildman–Crippen LogP) is 3.67. The van der Waals surface area contributed by atoms with Gasteiger partial charge in [0.25, 0.3) is 0 Å². The highest BCUT2D eigenvalue weighted by Gasteiger charge is 2.06. The molecule has 0 spiro atoms. The largest absolute Gasteiger partial charge is 0.491 e. The van der Waals surface area contributed by atoms with Crippen LogP contribution in [-0.2, 0) is 0 Å². The molecule has 106 valence electrons. The lowest BCUT2D eigenvalue weighted by Gasteiger charge is -2.11. The average Bonchev–Trinajstić information content (AvgIpc) is 2.38. The zero-order valence-corrected chi connectivity index (χ0v) is 12.5. The Balaban J connectivity index is 2.35. The lowest BCUT2D eigenvalue weighted by molar-refractivity contribution is 0.242. The maximum Gasteiger partial charge on any atom is 0.161 e. The quantitative estimate of drug-likeness (QED) is 0.901. The lowest BCUT2D eigenvalue weighted by Crippen LogP contribution is -2.06. The molecule has 1 N–H and O–H groups in total. The molecule has 1 aromatic carbocycles. The first-order valence-corrected chi connectivity index (χ1v) is 6.95. The van der Waals surface area contributed by atoms with Gasteiger partial charge in [-0.3, -0.25) is 0 Å². The van der Waals surface area contributed by atoms with E-state index in [4.69, 9.17) is 4.74 Å². The second-order valence-electron chi connectivity index (χ2n) is 4.94. The van der Waals surface area contributed by atoms with Gasteiger partial charge in [0.1, 0.15) is 11.6 Å². The molecule has 0 bridgehead atoms. The van der Waals surface area contributed by atoms with Gasteiger partial charge in [-0.2, -0.15) is 0 Å². The predicted molar refractivity (Wildman–Crippen MR) is 82.1 cm³/mol. The smallest absolute Gasteiger partial charge is 0.161 e. The number of rotatable bonds is 5. The standard InChI is InChI=1S/C16H21N3O/c1-5-17-15-9-12(4)18-16(19-15)13-7-6-8-14(10-13)20-11(2)3/h6-11H,5H2,1-4H3,(H,17,18,19). The van der Waals surface area contributed by atoms with Crippen LogP contribution in [0, 0.1) is 6.92 Å². The van der Waals surface area contributed by atoms with Gasteiger partial charge in [0.05, 0.1) is 6.10 Å². The van der Waals surface area contributed by atoms with Crippen molar-refractivity contribution < 1.29 is 4.74 Å². The van der Waals surface area contributed by atoms with E-state index in [0.29, 0.717) is 0 Å². The second-order valence-corrected chi connectivity index (χ2v) is 4.94. The van der Waals surface area contributed by atoms with Crippen LogP contribution in [0.15, 0.2) is 30.3 Å². The fourth-order valence-corrected chi connectivity index (χ4v) is 1.95. The SMILES string of the molecule is CCNc1cc(C)nc(-c2cccc(OC(C)C)c2)n1. The minimum absolute atomic E-state index is 0.154. The van der Waals surface area contributed by atoms with Crippen molar-refractivity contribution >= 4 is 5.82 Å². The number of ether oxygens (including phenoxy) is 1. The van der Waals surface area contributed by atoms with Crippen LogP contribution in [-0.4, -0.2) is 22.6 Å². The second kappa shape index (κ2) is 6.37. The maximum atomic E-state index is 5.71. The highest BCUT2D eigenvalue weighted by Crippen LogP contribution is 2.23. The number of hydrogen-bond donors (Lipinski definition) is 1. The van der Waals surface area contributed by atoms with E-state index in [1.54, 1.807) is 0 Å². The van der Waals surface area contributed by atoms with E-state index >= 15 is 0 Å². The molecule has 0 unspecified atom stereocenters. The Morgan fingerprint density at radius 1 is 1.20 bits per heavy atom. The highest BCUT2D eigenvalue weighted by molar-refractivity contribution is 5.59. The number of benzene rings is 1. The van der Waals surface area contributed by atoms with Crippen molar-refractivity contribution in [2.45, 2.75) is 33.8 Å². The number of nitrogens with one attached hydrogen (secondary N) is 1. The van der Waals surface area contributed by atoms with Crippen molar-refractivity contribution in [2.75, 3.05) is 11.9 Å². The molecule has 0 aliphatic heterocycles. The molecule has 0 saturated heterocycles. The van der Waals surface area contributed by atoms with Crippen LogP contribution in [0.1, 0.15) is 26.5 Å². The van der Waals surface area contributed by atoms with Gasteiger partial charge < -0.3 is 10.1 Å². The Morgan fingerprint density at radius 3 is 2.70 bits per heavy atom. The Morgan fingerprint density at radius 2 is 2.00 bits per heavy atom. The Bertz CT molecular complexity index is 582. The van der Waals surface area contributed by atoms with Crippen molar-refractivity contribution in [3.05, 3.63) is 36.0 Å². The summed E-state index contributed by atoms with van der Waals surface area (Å²) < 4.78 is 5.71. The van der Waals surface area contributed by atoms with E-state index in [1.165, 1.54) is 0 Å². The van der Waals surface area contributed by atoms with Gasteiger partial charge in [-0.1, -0.05) is 12.1 Å². The number of aromatic nitrogens is 2. The van der Waals surface area contributed by atoms with Crippen LogP contribution in [0.4, 0.5) is 5.82 Å². The third-order valence-electron chi connectivity index (χ3n) is 2.68. The van der Waals surface area contributed by atoms with Crippen LogP contribution in [0.25, 0.3) is 11.4 Å². The van der Waals surface area contributed by atoms with Gasteiger partial charge in [0.2, 0.25) is 0 Å². The molecule has 0 radical (unpaired) electrons. The first kappa shape index (κ1) is 14.3. The molecule has 1 aromatic heterocycles. The molecule has 0 aliphatic rings. The molecule has 4 nitrogen and oxygen atoms in total. The van der Waals surface area contributed by atoms with Crippen LogP contribution in [0.2, 0.25) is 0 Å². The molecule has 0 amide bonds. The summed E-state index contributed by atoms with van der Waals surface area (Å²) in [5.41, 5.74) is 1.91.